The predicted molar refractivity (Wildman–Crippen MR) is 84.3 cm³/mol. The van der Waals surface area contributed by atoms with Crippen LogP contribution in [-0.4, -0.2) is 79.0 Å². The van der Waals surface area contributed by atoms with Crippen LogP contribution in [0.4, 0.5) is 5.69 Å². The summed E-state index contributed by atoms with van der Waals surface area (Å²) in [7, 11) is 4.16. The van der Waals surface area contributed by atoms with E-state index in [0.29, 0.717) is 11.3 Å². The molecule has 0 aliphatic carbocycles. The van der Waals surface area contributed by atoms with Gasteiger partial charge in [0.25, 0.3) is 5.91 Å². The first-order valence-electron chi connectivity index (χ1n) is 7.36. The molecule has 6 nitrogen and oxygen atoms in total. The number of rotatable bonds is 4. The van der Waals surface area contributed by atoms with E-state index in [2.05, 4.69) is 28.9 Å². The third kappa shape index (κ3) is 4.15. The molecular formula is C15H25N5O. The Hall–Kier alpha value is -1.66. The highest BCUT2D eigenvalue weighted by atomic mass is 16.2. The van der Waals surface area contributed by atoms with E-state index in [1.807, 2.05) is 11.8 Å². The van der Waals surface area contributed by atoms with Crippen LogP contribution >= 0.6 is 0 Å². The summed E-state index contributed by atoms with van der Waals surface area (Å²) in [6.07, 6.45) is 1.59. The summed E-state index contributed by atoms with van der Waals surface area (Å²) in [6, 6.07) is 1.73. The number of pyridine rings is 1. The van der Waals surface area contributed by atoms with Gasteiger partial charge in [0.15, 0.2) is 0 Å². The molecule has 1 saturated heterocycles. The van der Waals surface area contributed by atoms with Crippen molar-refractivity contribution in [3.05, 3.63) is 23.5 Å². The SMILES string of the molecule is Cc1ncc(N)cc1C(=O)N1CCN(CCN(C)C)CC1. The maximum absolute atomic E-state index is 12.5. The van der Waals surface area contributed by atoms with Crippen molar-refractivity contribution in [1.82, 2.24) is 19.7 Å². The first-order chi connectivity index (χ1) is 9.97. The Balaban J connectivity index is 1.92. The number of nitrogens with two attached hydrogens (primary N) is 1. The van der Waals surface area contributed by atoms with Crippen molar-refractivity contribution in [2.75, 3.05) is 59.1 Å². The van der Waals surface area contributed by atoms with Gasteiger partial charge in [-0.1, -0.05) is 0 Å². The van der Waals surface area contributed by atoms with Crippen LogP contribution in [0, 0.1) is 6.92 Å². The number of nitrogen functional groups attached to an aromatic ring is 1. The number of carbonyl (C=O) groups excluding carboxylic acids is 1. The van der Waals surface area contributed by atoms with E-state index >= 15 is 0 Å². The largest absolute Gasteiger partial charge is 0.397 e. The second-order valence-corrected chi connectivity index (χ2v) is 5.84. The molecule has 2 heterocycles. The summed E-state index contributed by atoms with van der Waals surface area (Å²) in [4.78, 5) is 23.2. The molecule has 116 valence electrons. The zero-order valence-corrected chi connectivity index (χ0v) is 13.2. The van der Waals surface area contributed by atoms with Gasteiger partial charge in [0.1, 0.15) is 0 Å². The molecule has 0 atom stereocenters. The predicted octanol–water partition coefficient (Wildman–Crippen LogP) is 0.292. The minimum Gasteiger partial charge on any atom is -0.397 e. The summed E-state index contributed by atoms with van der Waals surface area (Å²) in [5.74, 6) is 0.0413. The number of aromatic nitrogens is 1. The second kappa shape index (κ2) is 6.87. The molecular weight excluding hydrogens is 266 g/mol. The van der Waals surface area contributed by atoms with Crippen LogP contribution < -0.4 is 5.73 Å². The Bertz CT molecular complexity index is 495. The standard InChI is InChI=1S/C15H25N5O/c1-12-14(10-13(16)11-17-12)15(21)20-8-6-19(7-9-20)5-4-18(2)3/h10-11H,4-9,16H2,1-3H3. The lowest BCUT2D eigenvalue weighted by Crippen LogP contribution is -2.50. The van der Waals surface area contributed by atoms with E-state index < -0.39 is 0 Å². The summed E-state index contributed by atoms with van der Waals surface area (Å²) >= 11 is 0. The molecule has 0 radical (unpaired) electrons. The Morgan fingerprint density at radius 3 is 2.62 bits per heavy atom. The third-order valence-electron chi connectivity index (χ3n) is 3.86. The summed E-state index contributed by atoms with van der Waals surface area (Å²) < 4.78 is 0. The van der Waals surface area contributed by atoms with E-state index in [4.69, 9.17) is 5.73 Å². The van der Waals surface area contributed by atoms with Gasteiger partial charge in [0, 0.05) is 39.3 Å². The van der Waals surface area contributed by atoms with E-state index in [1.165, 1.54) is 0 Å². The van der Waals surface area contributed by atoms with Crippen molar-refractivity contribution in [3.63, 3.8) is 0 Å². The highest BCUT2D eigenvalue weighted by Gasteiger charge is 2.23. The number of carbonyl (C=O) groups is 1. The second-order valence-electron chi connectivity index (χ2n) is 5.84. The Morgan fingerprint density at radius 1 is 1.33 bits per heavy atom. The lowest BCUT2D eigenvalue weighted by atomic mass is 10.1. The van der Waals surface area contributed by atoms with Gasteiger partial charge in [-0.15, -0.1) is 0 Å². The fraction of sp³-hybridized carbons (Fsp3) is 0.600. The molecule has 6 heteroatoms. The number of hydrogen-bond donors (Lipinski definition) is 1. The van der Waals surface area contributed by atoms with E-state index in [9.17, 15) is 4.79 Å². The average molecular weight is 291 g/mol. The molecule has 1 aliphatic rings. The van der Waals surface area contributed by atoms with Crippen LogP contribution in [0.15, 0.2) is 12.3 Å². The maximum atomic E-state index is 12.5. The van der Waals surface area contributed by atoms with Crippen LogP contribution in [0.5, 0.6) is 0 Å². The van der Waals surface area contributed by atoms with Crippen molar-refractivity contribution < 1.29 is 4.79 Å². The normalized spacial score (nSPS) is 16.5. The minimum absolute atomic E-state index is 0.0413. The fourth-order valence-electron chi connectivity index (χ4n) is 2.45. The van der Waals surface area contributed by atoms with Gasteiger partial charge in [-0.2, -0.15) is 0 Å². The summed E-state index contributed by atoms with van der Waals surface area (Å²) in [5, 5.41) is 0. The Morgan fingerprint density at radius 2 is 2.00 bits per heavy atom. The number of aryl methyl sites for hydroxylation is 1. The van der Waals surface area contributed by atoms with Gasteiger partial charge in [-0.05, 0) is 27.1 Å². The molecule has 1 aromatic heterocycles. The van der Waals surface area contributed by atoms with Gasteiger partial charge in [0.2, 0.25) is 0 Å². The maximum Gasteiger partial charge on any atom is 0.255 e. The van der Waals surface area contributed by atoms with E-state index in [-0.39, 0.29) is 5.91 Å². The molecule has 0 unspecified atom stereocenters. The zero-order chi connectivity index (χ0) is 15.4. The molecule has 1 aliphatic heterocycles. The lowest BCUT2D eigenvalue weighted by molar-refractivity contribution is 0.0628. The molecule has 0 aromatic carbocycles. The topological polar surface area (TPSA) is 65.7 Å². The molecule has 1 amide bonds. The molecule has 0 saturated carbocycles. The van der Waals surface area contributed by atoms with Crippen LogP contribution in [-0.2, 0) is 0 Å². The first kappa shape index (κ1) is 15.7. The minimum atomic E-state index is 0.0413. The van der Waals surface area contributed by atoms with Crippen molar-refractivity contribution in [1.29, 1.82) is 0 Å². The zero-order valence-electron chi connectivity index (χ0n) is 13.2. The van der Waals surface area contributed by atoms with Gasteiger partial charge in [-0.3, -0.25) is 14.7 Å². The molecule has 0 spiro atoms. The summed E-state index contributed by atoms with van der Waals surface area (Å²) in [5.41, 5.74) is 7.64. The lowest BCUT2D eigenvalue weighted by Gasteiger charge is -2.35. The quantitative estimate of drug-likeness (QED) is 0.864. The molecule has 1 fully saturated rings. The third-order valence-corrected chi connectivity index (χ3v) is 3.86. The number of hydrogen-bond acceptors (Lipinski definition) is 5. The molecule has 21 heavy (non-hydrogen) atoms. The van der Waals surface area contributed by atoms with Crippen molar-refractivity contribution in [3.8, 4) is 0 Å². The van der Waals surface area contributed by atoms with Gasteiger partial charge < -0.3 is 15.5 Å². The smallest absolute Gasteiger partial charge is 0.255 e. The fourth-order valence-corrected chi connectivity index (χ4v) is 2.45. The number of nitrogens with zero attached hydrogens (tertiary/aromatic N) is 4. The number of amides is 1. The summed E-state index contributed by atoms with van der Waals surface area (Å²) in [6.45, 7) is 7.32. The van der Waals surface area contributed by atoms with Gasteiger partial charge in [0.05, 0.1) is 23.1 Å². The van der Waals surface area contributed by atoms with Gasteiger partial charge >= 0.3 is 0 Å². The van der Waals surface area contributed by atoms with Crippen LogP contribution in [0.1, 0.15) is 16.1 Å². The monoisotopic (exact) mass is 291 g/mol. The van der Waals surface area contributed by atoms with Crippen LogP contribution in [0.3, 0.4) is 0 Å². The molecule has 0 bridgehead atoms. The molecule has 2 N–H and O–H groups in total. The Labute approximate surface area is 126 Å². The molecule has 1 aromatic rings. The highest BCUT2D eigenvalue weighted by Crippen LogP contribution is 2.14. The van der Waals surface area contributed by atoms with Crippen molar-refractivity contribution >= 4 is 11.6 Å². The van der Waals surface area contributed by atoms with E-state index in [0.717, 1.165) is 45.0 Å². The Kier molecular flexibility index (Phi) is 5.14. The van der Waals surface area contributed by atoms with Crippen molar-refractivity contribution in [2.45, 2.75) is 6.92 Å². The number of likely N-dealkylation sites (N-methyl/N-ethyl adjacent to an activating group) is 1. The van der Waals surface area contributed by atoms with Gasteiger partial charge in [-0.25, -0.2) is 0 Å². The highest BCUT2D eigenvalue weighted by molar-refractivity contribution is 5.96. The first-order valence-corrected chi connectivity index (χ1v) is 7.36. The van der Waals surface area contributed by atoms with Crippen LogP contribution in [0.25, 0.3) is 0 Å². The van der Waals surface area contributed by atoms with E-state index in [1.54, 1.807) is 12.3 Å². The molecule has 2 rings (SSSR count). The van der Waals surface area contributed by atoms with Crippen LogP contribution in [0.2, 0.25) is 0 Å². The number of anilines is 1. The van der Waals surface area contributed by atoms with Crippen molar-refractivity contribution in [2.24, 2.45) is 0 Å². The number of piperazine rings is 1. The average Bonchev–Trinajstić information content (AvgIpc) is 2.47.